The van der Waals surface area contributed by atoms with Gasteiger partial charge in [0.15, 0.2) is 0 Å². The monoisotopic (exact) mass is 245 g/mol. The molecule has 3 rings (SSSR count). The highest BCUT2D eigenvalue weighted by Crippen LogP contribution is 2.41. The van der Waals surface area contributed by atoms with Gasteiger partial charge in [-0.1, -0.05) is 18.2 Å². The van der Waals surface area contributed by atoms with Crippen LogP contribution in [0.3, 0.4) is 0 Å². The van der Waals surface area contributed by atoms with Gasteiger partial charge in [-0.15, -0.1) is 11.8 Å². The van der Waals surface area contributed by atoms with Crippen molar-refractivity contribution in [2.75, 3.05) is 0 Å². The standard InChI is InChI=1S/C13H15N3S/c1-16-7-6-15-13(16)12(14)11-8-9-4-2-3-5-10(9)17-11/h2-7,11-12H,8,14H2,1H3. The number of aryl methyl sites for hydroxylation is 1. The minimum Gasteiger partial charge on any atom is -0.337 e. The molecule has 88 valence electrons. The molecule has 0 spiro atoms. The van der Waals surface area contributed by atoms with Crippen LogP contribution in [0.4, 0.5) is 0 Å². The smallest absolute Gasteiger partial charge is 0.126 e. The molecule has 1 aliphatic rings. The van der Waals surface area contributed by atoms with Gasteiger partial charge >= 0.3 is 0 Å². The van der Waals surface area contributed by atoms with Gasteiger partial charge in [0, 0.05) is 29.6 Å². The van der Waals surface area contributed by atoms with Crippen molar-refractivity contribution >= 4 is 11.8 Å². The number of hydrogen-bond donors (Lipinski definition) is 1. The van der Waals surface area contributed by atoms with Crippen molar-refractivity contribution in [2.45, 2.75) is 22.6 Å². The summed E-state index contributed by atoms with van der Waals surface area (Å²) in [6, 6.07) is 8.53. The summed E-state index contributed by atoms with van der Waals surface area (Å²) < 4.78 is 2.01. The SMILES string of the molecule is Cn1ccnc1C(N)C1Cc2ccccc2S1. The van der Waals surface area contributed by atoms with E-state index in [0.29, 0.717) is 5.25 Å². The second-order valence-corrected chi connectivity index (χ2v) is 5.67. The molecule has 2 N–H and O–H groups in total. The highest BCUT2D eigenvalue weighted by Gasteiger charge is 2.29. The van der Waals surface area contributed by atoms with E-state index in [-0.39, 0.29) is 6.04 Å². The minimum absolute atomic E-state index is 0.00704. The normalized spacial score (nSPS) is 20.2. The molecule has 2 heterocycles. The third-order valence-corrected chi connectivity index (χ3v) is 4.64. The van der Waals surface area contributed by atoms with Crippen molar-refractivity contribution in [3.8, 4) is 0 Å². The van der Waals surface area contributed by atoms with Crippen molar-refractivity contribution in [3.05, 3.63) is 48.0 Å². The van der Waals surface area contributed by atoms with E-state index in [1.165, 1.54) is 10.5 Å². The number of aromatic nitrogens is 2. The van der Waals surface area contributed by atoms with Crippen LogP contribution in [-0.4, -0.2) is 14.8 Å². The van der Waals surface area contributed by atoms with Crippen LogP contribution in [0.1, 0.15) is 17.4 Å². The molecule has 0 amide bonds. The summed E-state index contributed by atoms with van der Waals surface area (Å²) in [6.45, 7) is 0. The molecular weight excluding hydrogens is 230 g/mol. The highest BCUT2D eigenvalue weighted by molar-refractivity contribution is 8.00. The highest BCUT2D eigenvalue weighted by atomic mass is 32.2. The van der Waals surface area contributed by atoms with Crippen molar-refractivity contribution < 1.29 is 0 Å². The Labute approximate surface area is 105 Å². The molecule has 0 saturated carbocycles. The topological polar surface area (TPSA) is 43.8 Å². The molecule has 0 bridgehead atoms. The number of nitrogens with zero attached hydrogens (tertiary/aromatic N) is 2. The molecule has 1 aliphatic heterocycles. The second kappa shape index (κ2) is 4.20. The predicted molar refractivity (Wildman–Crippen MR) is 69.9 cm³/mol. The first-order chi connectivity index (χ1) is 8.25. The van der Waals surface area contributed by atoms with E-state index in [2.05, 4.69) is 29.2 Å². The molecule has 2 aromatic rings. The van der Waals surface area contributed by atoms with Gasteiger partial charge in [-0.3, -0.25) is 0 Å². The first kappa shape index (κ1) is 10.9. The molecule has 3 nitrogen and oxygen atoms in total. The van der Waals surface area contributed by atoms with Gasteiger partial charge in [0.05, 0.1) is 6.04 Å². The van der Waals surface area contributed by atoms with Gasteiger partial charge < -0.3 is 10.3 Å². The van der Waals surface area contributed by atoms with E-state index in [1.54, 1.807) is 0 Å². The fraction of sp³-hybridized carbons (Fsp3) is 0.308. The lowest BCUT2D eigenvalue weighted by atomic mass is 10.1. The van der Waals surface area contributed by atoms with Gasteiger partial charge in [0.1, 0.15) is 5.82 Å². The van der Waals surface area contributed by atoms with Gasteiger partial charge in [-0.05, 0) is 18.1 Å². The van der Waals surface area contributed by atoms with Crippen LogP contribution >= 0.6 is 11.8 Å². The van der Waals surface area contributed by atoms with Gasteiger partial charge in [0.2, 0.25) is 0 Å². The first-order valence-electron chi connectivity index (χ1n) is 5.73. The number of rotatable bonds is 2. The fourth-order valence-electron chi connectivity index (χ4n) is 2.27. The Morgan fingerprint density at radius 2 is 2.29 bits per heavy atom. The molecule has 0 radical (unpaired) electrons. The van der Waals surface area contributed by atoms with E-state index >= 15 is 0 Å². The maximum absolute atomic E-state index is 6.32. The number of imidazole rings is 1. The molecule has 0 fully saturated rings. The lowest BCUT2D eigenvalue weighted by molar-refractivity contribution is 0.607. The zero-order valence-electron chi connectivity index (χ0n) is 9.71. The summed E-state index contributed by atoms with van der Waals surface area (Å²) in [5, 5.41) is 0.397. The number of thioether (sulfide) groups is 1. The summed E-state index contributed by atoms with van der Waals surface area (Å²) in [6.07, 6.45) is 4.79. The summed E-state index contributed by atoms with van der Waals surface area (Å²) in [5.74, 6) is 0.968. The van der Waals surface area contributed by atoms with E-state index in [1.807, 2.05) is 35.8 Å². The Kier molecular flexibility index (Phi) is 2.68. The summed E-state index contributed by atoms with van der Waals surface area (Å²) >= 11 is 1.87. The summed E-state index contributed by atoms with van der Waals surface area (Å²) in [7, 11) is 1.99. The predicted octanol–water partition coefficient (Wildman–Crippen LogP) is 2.14. The first-order valence-corrected chi connectivity index (χ1v) is 6.61. The third kappa shape index (κ3) is 1.87. The zero-order valence-corrected chi connectivity index (χ0v) is 10.5. The van der Waals surface area contributed by atoms with Crippen LogP contribution in [0.25, 0.3) is 0 Å². The van der Waals surface area contributed by atoms with Gasteiger partial charge in [0.25, 0.3) is 0 Å². The quantitative estimate of drug-likeness (QED) is 0.881. The molecule has 1 aromatic heterocycles. The Morgan fingerprint density at radius 3 is 3.00 bits per heavy atom. The maximum atomic E-state index is 6.32. The van der Waals surface area contributed by atoms with Crippen LogP contribution < -0.4 is 5.73 Å². The van der Waals surface area contributed by atoms with Crippen LogP contribution in [0, 0.1) is 0 Å². The lowest BCUT2D eigenvalue weighted by Gasteiger charge is -2.17. The molecule has 4 heteroatoms. The van der Waals surface area contributed by atoms with Crippen molar-refractivity contribution in [2.24, 2.45) is 12.8 Å². The molecule has 2 atom stereocenters. The Balaban J connectivity index is 1.83. The third-order valence-electron chi connectivity index (χ3n) is 3.23. The number of nitrogens with two attached hydrogens (primary N) is 1. The summed E-state index contributed by atoms with van der Waals surface area (Å²) in [5.41, 5.74) is 7.73. The van der Waals surface area contributed by atoms with Crippen molar-refractivity contribution in [1.82, 2.24) is 9.55 Å². The molecule has 0 saturated heterocycles. The van der Waals surface area contributed by atoms with E-state index in [0.717, 1.165) is 12.2 Å². The lowest BCUT2D eigenvalue weighted by Crippen LogP contribution is -2.26. The Hall–Kier alpha value is -1.26. The second-order valence-electron chi connectivity index (χ2n) is 4.39. The average Bonchev–Trinajstić information content (AvgIpc) is 2.93. The van der Waals surface area contributed by atoms with Crippen molar-refractivity contribution in [3.63, 3.8) is 0 Å². The van der Waals surface area contributed by atoms with E-state index < -0.39 is 0 Å². The van der Waals surface area contributed by atoms with E-state index in [4.69, 9.17) is 5.73 Å². The Bertz CT molecular complexity index is 510. The summed E-state index contributed by atoms with van der Waals surface area (Å²) in [4.78, 5) is 5.71. The molecule has 0 aliphatic carbocycles. The Morgan fingerprint density at radius 1 is 1.47 bits per heavy atom. The van der Waals surface area contributed by atoms with Crippen LogP contribution in [0.5, 0.6) is 0 Å². The number of hydrogen-bond acceptors (Lipinski definition) is 3. The van der Waals surface area contributed by atoms with E-state index in [9.17, 15) is 0 Å². The van der Waals surface area contributed by atoms with Crippen LogP contribution in [0.2, 0.25) is 0 Å². The van der Waals surface area contributed by atoms with Gasteiger partial charge in [-0.25, -0.2) is 4.98 Å². The number of fused-ring (bicyclic) bond motifs is 1. The fourth-order valence-corrected chi connectivity index (χ4v) is 3.59. The largest absolute Gasteiger partial charge is 0.337 e. The van der Waals surface area contributed by atoms with Crippen LogP contribution in [0.15, 0.2) is 41.6 Å². The van der Waals surface area contributed by atoms with Gasteiger partial charge in [-0.2, -0.15) is 0 Å². The average molecular weight is 245 g/mol. The molecule has 1 aromatic carbocycles. The molecule has 17 heavy (non-hydrogen) atoms. The maximum Gasteiger partial charge on any atom is 0.126 e. The molecule has 2 unspecified atom stereocenters. The molecular formula is C13H15N3S. The minimum atomic E-state index is -0.00704. The van der Waals surface area contributed by atoms with Crippen molar-refractivity contribution in [1.29, 1.82) is 0 Å². The zero-order chi connectivity index (χ0) is 11.8. The van der Waals surface area contributed by atoms with Crippen LogP contribution in [-0.2, 0) is 13.5 Å². The number of benzene rings is 1.